The zero-order chi connectivity index (χ0) is 16.6. The fourth-order valence-electron chi connectivity index (χ4n) is 2.24. The molecule has 3 aromatic rings. The molecule has 0 aliphatic carbocycles. The Hall–Kier alpha value is -3.22. The molecule has 0 bridgehead atoms. The van der Waals surface area contributed by atoms with Gasteiger partial charge in [0.2, 0.25) is 5.43 Å². The number of carbonyl (C=O) groups is 2. The maximum Gasteiger partial charge on any atom is 0.357 e. The first-order chi connectivity index (χ1) is 11.1. The van der Waals surface area contributed by atoms with E-state index in [1.165, 1.54) is 13.2 Å². The van der Waals surface area contributed by atoms with Crippen molar-refractivity contribution in [2.24, 2.45) is 0 Å². The van der Waals surface area contributed by atoms with Gasteiger partial charge >= 0.3 is 11.9 Å². The van der Waals surface area contributed by atoms with Crippen molar-refractivity contribution in [1.82, 2.24) is 4.98 Å². The van der Waals surface area contributed by atoms with Crippen LogP contribution in [-0.2, 0) is 9.47 Å². The van der Waals surface area contributed by atoms with Gasteiger partial charge in [-0.1, -0.05) is 12.1 Å². The van der Waals surface area contributed by atoms with Crippen molar-refractivity contribution in [3.8, 4) is 0 Å². The van der Waals surface area contributed by atoms with Crippen LogP contribution in [0, 0.1) is 0 Å². The molecule has 0 N–H and O–H groups in total. The lowest BCUT2D eigenvalue weighted by Crippen LogP contribution is -2.16. The summed E-state index contributed by atoms with van der Waals surface area (Å²) in [6.45, 7) is 0. The Bertz CT molecular complexity index is 1000. The third kappa shape index (κ3) is 2.32. The number of esters is 2. The monoisotopic (exact) mass is 313 g/mol. The quantitative estimate of drug-likeness (QED) is 0.526. The normalized spacial score (nSPS) is 10.7. The largest absolute Gasteiger partial charge is 0.465 e. The first-order valence-electron chi connectivity index (χ1n) is 6.60. The third-order valence-electron chi connectivity index (χ3n) is 3.34. The number of methoxy groups -OCH3 is 2. The fraction of sp³-hybridized carbons (Fsp3) is 0.125. The van der Waals surface area contributed by atoms with Gasteiger partial charge in [-0.25, -0.2) is 14.6 Å². The molecule has 0 radical (unpaired) electrons. The lowest BCUT2D eigenvalue weighted by molar-refractivity contribution is 0.0550. The van der Waals surface area contributed by atoms with Crippen molar-refractivity contribution < 1.29 is 23.5 Å². The molecule has 0 saturated heterocycles. The summed E-state index contributed by atoms with van der Waals surface area (Å²) < 4.78 is 14.8. The molecule has 2 aromatic heterocycles. The number of aromatic nitrogens is 1. The Kier molecular flexibility index (Phi) is 3.53. The second kappa shape index (κ2) is 5.53. The van der Waals surface area contributed by atoms with E-state index >= 15 is 0 Å². The number of hydrogen-bond donors (Lipinski definition) is 0. The van der Waals surface area contributed by atoms with Crippen LogP contribution < -0.4 is 5.43 Å². The summed E-state index contributed by atoms with van der Waals surface area (Å²) in [7, 11) is 2.32. The average Bonchev–Trinajstić information content (AvgIpc) is 2.59. The molecule has 7 nitrogen and oxygen atoms in total. The Labute approximate surface area is 129 Å². The molecule has 0 saturated carbocycles. The molecule has 116 valence electrons. The highest BCUT2D eigenvalue weighted by Crippen LogP contribution is 2.21. The second-order valence-corrected chi connectivity index (χ2v) is 4.64. The second-order valence-electron chi connectivity index (χ2n) is 4.64. The Morgan fingerprint density at radius 1 is 1.04 bits per heavy atom. The maximum atomic E-state index is 12.5. The van der Waals surface area contributed by atoms with Crippen molar-refractivity contribution in [1.29, 1.82) is 0 Å². The van der Waals surface area contributed by atoms with E-state index < -0.39 is 17.4 Å². The van der Waals surface area contributed by atoms with Crippen molar-refractivity contribution in [2.45, 2.75) is 0 Å². The van der Waals surface area contributed by atoms with Gasteiger partial charge in [0.05, 0.1) is 25.2 Å². The molecule has 0 unspecified atom stereocenters. The molecule has 0 spiro atoms. The number of nitrogens with zero attached hydrogens (tertiary/aromatic N) is 1. The van der Waals surface area contributed by atoms with E-state index in [1.54, 1.807) is 24.3 Å². The van der Waals surface area contributed by atoms with E-state index in [-0.39, 0.29) is 22.4 Å². The van der Waals surface area contributed by atoms with E-state index in [1.807, 2.05) is 0 Å². The minimum atomic E-state index is -0.847. The van der Waals surface area contributed by atoms with Crippen LogP contribution in [0.2, 0.25) is 0 Å². The van der Waals surface area contributed by atoms with Crippen LogP contribution in [0.3, 0.4) is 0 Å². The summed E-state index contributed by atoms with van der Waals surface area (Å²) in [6.07, 6.45) is 0. The minimum absolute atomic E-state index is 0.0586. The van der Waals surface area contributed by atoms with Gasteiger partial charge in [-0.2, -0.15) is 0 Å². The van der Waals surface area contributed by atoms with E-state index in [9.17, 15) is 14.4 Å². The number of fused-ring (bicyclic) bond motifs is 2. The average molecular weight is 313 g/mol. The SMILES string of the molecule is COC(=O)c1cc2oc3ccccc3c(=O)c2nc1C(=O)OC. The molecule has 0 aliphatic rings. The zero-order valence-electron chi connectivity index (χ0n) is 12.3. The van der Waals surface area contributed by atoms with Gasteiger partial charge in [-0.3, -0.25) is 4.79 Å². The lowest BCUT2D eigenvalue weighted by atomic mass is 10.1. The Balaban J connectivity index is 2.44. The van der Waals surface area contributed by atoms with Crippen LogP contribution in [-0.4, -0.2) is 31.1 Å². The van der Waals surface area contributed by atoms with Crippen LogP contribution in [0.15, 0.2) is 39.5 Å². The molecular formula is C16H11NO6. The first kappa shape index (κ1) is 14.7. The van der Waals surface area contributed by atoms with Crippen LogP contribution in [0.4, 0.5) is 0 Å². The molecule has 3 rings (SSSR count). The number of rotatable bonds is 2. The van der Waals surface area contributed by atoms with Gasteiger partial charge in [0.15, 0.2) is 16.8 Å². The first-order valence-corrected chi connectivity index (χ1v) is 6.60. The highest BCUT2D eigenvalue weighted by atomic mass is 16.5. The highest BCUT2D eigenvalue weighted by Gasteiger charge is 2.23. The van der Waals surface area contributed by atoms with Crippen molar-refractivity contribution in [2.75, 3.05) is 14.2 Å². The van der Waals surface area contributed by atoms with Gasteiger partial charge in [0.25, 0.3) is 0 Å². The van der Waals surface area contributed by atoms with Crippen molar-refractivity contribution >= 4 is 34.0 Å². The van der Waals surface area contributed by atoms with E-state index in [2.05, 4.69) is 14.5 Å². The third-order valence-corrected chi connectivity index (χ3v) is 3.34. The molecular weight excluding hydrogens is 302 g/mol. The van der Waals surface area contributed by atoms with Crippen LogP contribution >= 0.6 is 0 Å². The summed E-state index contributed by atoms with van der Waals surface area (Å²) in [5.41, 5.74) is -0.449. The molecule has 2 heterocycles. The summed E-state index contributed by atoms with van der Waals surface area (Å²) in [6, 6.07) is 7.88. The number of hydrogen-bond acceptors (Lipinski definition) is 7. The standard InChI is InChI=1S/C16H11NO6/c1-21-15(19)9-7-11-13(17-12(9)16(20)22-2)14(18)8-5-3-4-6-10(8)23-11/h3-7H,1-2H3. The number of para-hydroxylation sites is 1. The van der Waals surface area contributed by atoms with Gasteiger partial charge in [-0.05, 0) is 12.1 Å². The predicted molar refractivity (Wildman–Crippen MR) is 80.5 cm³/mol. The van der Waals surface area contributed by atoms with E-state index in [0.717, 1.165) is 7.11 Å². The number of ether oxygens (including phenoxy) is 2. The van der Waals surface area contributed by atoms with Crippen LogP contribution in [0.1, 0.15) is 20.8 Å². The molecule has 23 heavy (non-hydrogen) atoms. The molecule has 0 atom stereocenters. The van der Waals surface area contributed by atoms with Crippen molar-refractivity contribution in [3.05, 3.63) is 51.8 Å². The molecule has 0 aliphatic heterocycles. The van der Waals surface area contributed by atoms with Gasteiger partial charge in [0, 0.05) is 6.07 Å². The summed E-state index contributed by atoms with van der Waals surface area (Å²) in [5, 5.41) is 0.328. The summed E-state index contributed by atoms with van der Waals surface area (Å²) in [5.74, 6) is -1.63. The summed E-state index contributed by atoms with van der Waals surface area (Å²) >= 11 is 0. The number of carbonyl (C=O) groups excluding carboxylic acids is 2. The fourth-order valence-corrected chi connectivity index (χ4v) is 2.24. The maximum absolute atomic E-state index is 12.5. The summed E-state index contributed by atoms with van der Waals surface area (Å²) in [4.78, 5) is 40.2. The Morgan fingerprint density at radius 2 is 1.74 bits per heavy atom. The van der Waals surface area contributed by atoms with Crippen LogP contribution in [0.5, 0.6) is 0 Å². The number of benzene rings is 1. The topological polar surface area (TPSA) is 95.7 Å². The van der Waals surface area contributed by atoms with Gasteiger partial charge < -0.3 is 13.9 Å². The smallest absolute Gasteiger partial charge is 0.357 e. The molecule has 1 aromatic carbocycles. The lowest BCUT2D eigenvalue weighted by Gasteiger charge is -2.07. The minimum Gasteiger partial charge on any atom is -0.465 e. The van der Waals surface area contributed by atoms with Crippen LogP contribution in [0.25, 0.3) is 22.1 Å². The highest BCUT2D eigenvalue weighted by molar-refractivity contribution is 6.04. The zero-order valence-corrected chi connectivity index (χ0v) is 12.3. The van der Waals surface area contributed by atoms with Gasteiger partial charge in [-0.15, -0.1) is 0 Å². The van der Waals surface area contributed by atoms with Gasteiger partial charge in [0.1, 0.15) is 5.58 Å². The molecule has 0 fully saturated rings. The molecule has 0 amide bonds. The van der Waals surface area contributed by atoms with Crippen molar-refractivity contribution in [3.63, 3.8) is 0 Å². The van der Waals surface area contributed by atoms with E-state index in [0.29, 0.717) is 11.0 Å². The molecule has 7 heteroatoms. The Morgan fingerprint density at radius 3 is 2.43 bits per heavy atom. The number of pyridine rings is 1. The predicted octanol–water partition coefficient (Wildman–Crippen LogP) is 1.91. The van der Waals surface area contributed by atoms with E-state index in [4.69, 9.17) is 4.42 Å².